The van der Waals surface area contributed by atoms with Crippen LogP contribution < -0.4 is 5.32 Å². The molecule has 1 aliphatic rings. The van der Waals surface area contributed by atoms with Crippen molar-refractivity contribution in [1.29, 1.82) is 0 Å². The van der Waals surface area contributed by atoms with Gasteiger partial charge in [-0.05, 0) is 18.8 Å². The van der Waals surface area contributed by atoms with Gasteiger partial charge in [0.05, 0.1) is 0 Å². The summed E-state index contributed by atoms with van der Waals surface area (Å²) < 4.78 is 0. The number of hydrogen-bond donors (Lipinski definition) is 2. The molecule has 1 fully saturated rings. The Hall–Kier alpha value is -1.26. The topological polar surface area (TPSA) is 69.6 Å². The van der Waals surface area contributed by atoms with E-state index in [2.05, 4.69) is 19.2 Å². The van der Waals surface area contributed by atoms with Crippen molar-refractivity contribution in [1.82, 2.24) is 10.2 Å². The lowest BCUT2D eigenvalue weighted by Gasteiger charge is -2.22. The highest BCUT2D eigenvalue weighted by atomic mass is 16.4. The number of likely N-dealkylation sites (tertiary alicyclic amines) is 1. The first kappa shape index (κ1) is 12.8. The molecule has 1 heterocycles. The van der Waals surface area contributed by atoms with Crippen LogP contribution in [0.4, 0.5) is 4.79 Å². The van der Waals surface area contributed by atoms with Gasteiger partial charge in [0.25, 0.3) is 0 Å². The molecule has 0 spiro atoms. The zero-order valence-electron chi connectivity index (χ0n) is 9.90. The third-order valence-electron chi connectivity index (χ3n) is 3.10. The van der Waals surface area contributed by atoms with Crippen LogP contribution in [0, 0.1) is 5.92 Å². The van der Waals surface area contributed by atoms with Gasteiger partial charge in [-0.2, -0.15) is 0 Å². The van der Waals surface area contributed by atoms with Gasteiger partial charge in [0, 0.05) is 13.1 Å². The summed E-state index contributed by atoms with van der Waals surface area (Å²) in [5.74, 6) is -0.481. The smallest absolute Gasteiger partial charge is 0.326 e. The lowest BCUT2D eigenvalue weighted by atomic mass is 10.1. The van der Waals surface area contributed by atoms with Gasteiger partial charge in [0.15, 0.2) is 0 Å². The molecule has 0 aromatic heterocycles. The van der Waals surface area contributed by atoms with Crippen molar-refractivity contribution in [3.05, 3.63) is 0 Å². The monoisotopic (exact) mass is 228 g/mol. The van der Waals surface area contributed by atoms with Crippen LogP contribution in [0.15, 0.2) is 0 Å². The fraction of sp³-hybridized carbons (Fsp3) is 0.818. The van der Waals surface area contributed by atoms with Gasteiger partial charge in [-0.15, -0.1) is 0 Å². The van der Waals surface area contributed by atoms with E-state index in [4.69, 9.17) is 5.11 Å². The molecule has 5 heteroatoms. The lowest BCUT2D eigenvalue weighted by Crippen LogP contribution is -2.46. The van der Waals surface area contributed by atoms with Crippen molar-refractivity contribution in [3.63, 3.8) is 0 Å². The summed E-state index contributed by atoms with van der Waals surface area (Å²) in [5, 5.41) is 11.7. The Morgan fingerprint density at radius 2 is 2.25 bits per heavy atom. The van der Waals surface area contributed by atoms with Crippen molar-refractivity contribution < 1.29 is 14.7 Å². The maximum Gasteiger partial charge on any atom is 0.326 e. The highest BCUT2D eigenvalue weighted by Gasteiger charge is 2.33. The standard InChI is InChI=1S/C11H20N2O3/c1-3-8(2)7-12-11(16)13-6-4-5-9(13)10(14)15/h8-9H,3-7H2,1-2H3,(H,12,16)(H,14,15)/t8?,9-/m0/s1. The van der Waals surface area contributed by atoms with Crippen molar-refractivity contribution >= 4 is 12.0 Å². The summed E-state index contributed by atoms with van der Waals surface area (Å²) in [6, 6.07) is -0.887. The Balaban J connectivity index is 2.44. The van der Waals surface area contributed by atoms with E-state index in [-0.39, 0.29) is 6.03 Å². The summed E-state index contributed by atoms with van der Waals surface area (Å²) in [6.07, 6.45) is 2.34. The highest BCUT2D eigenvalue weighted by Crippen LogP contribution is 2.17. The van der Waals surface area contributed by atoms with E-state index >= 15 is 0 Å². The van der Waals surface area contributed by atoms with Crippen LogP contribution in [-0.2, 0) is 4.79 Å². The third kappa shape index (κ3) is 3.12. The van der Waals surface area contributed by atoms with Gasteiger partial charge in [-0.3, -0.25) is 0 Å². The molecule has 2 atom stereocenters. The number of carbonyl (C=O) groups excluding carboxylic acids is 1. The molecule has 1 saturated heterocycles. The van der Waals surface area contributed by atoms with Gasteiger partial charge in [-0.25, -0.2) is 9.59 Å². The Kier molecular flexibility index (Phi) is 4.58. The van der Waals surface area contributed by atoms with Gasteiger partial charge in [0.2, 0.25) is 0 Å². The van der Waals surface area contributed by atoms with Gasteiger partial charge in [-0.1, -0.05) is 20.3 Å². The van der Waals surface area contributed by atoms with Crippen LogP contribution in [0.3, 0.4) is 0 Å². The van der Waals surface area contributed by atoms with Gasteiger partial charge >= 0.3 is 12.0 Å². The van der Waals surface area contributed by atoms with Crippen LogP contribution in [0.25, 0.3) is 0 Å². The molecule has 0 radical (unpaired) electrons. The van der Waals surface area contributed by atoms with E-state index in [1.165, 1.54) is 4.90 Å². The summed E-state index contributed by atoms with van der Waals surface area (Å²) in [7, 11) is 0. The van der Waals surface area contributed by atoms with Crippen molar-refractivity contribution in [2.75, 3.05) is 13.1 Å². The number of carboxylic acids is 1. The Morgan fingerprint density at radius 1 is 1.56 bits per heavy atom. The molecule has 1 unspecified atom stereocenters. The zero-order chi connectivity index (χ0) is 12.1. The van der Waals surface area contributed by atoms with Crippen LogP contribution in [-0.4, -0.2) is 41.1 Å². The quantitative estimate of drug-likeness (QED) is 0.761. The molecule has 92 valence electrons. The molecular formula is C11H20N2O3. The lowest BCUT2D eigenvalue weighted by molar-refractivity contribution is -0.141. The summed E-state index contributed by atoms with van der Waals surface area (Å²) >= 11 is 0. The molecule has 1 rings (SSSR count). The number of hydrogen-bond acceptors (Lipinski definition) is 2. The van der Waals surface area contributed by atoms with Crippen molar-refractivity contribution in [2.24, 2.45) is 5.92 Å². The first-order valence-electron chi connectivity index (χ1n) is 5.83. The molecule has 2 N–H and O–H groups in total. The second kappa shape index (κ2) is 5.72. The van der Waals surface area contributed by atoms with E-state index in [9.17, 15) is 9.59 Å². The SMILES string of the molecule is CCC(C)CNC(=O)N1CCC[C@H]1C(=O)O. The third-order valence-corrected chi connectivity index (χ3v) is 3.10. The second-order valence-electron chi connectivity index (χ2n) is 4.39. The average molecular weight is 228 g/mol. The van der Waals surface area contributed by atoms with Crippen LogP contribution in [0.5, 0.6) is 0 Å². The van der Waals surface area contributed by atoms with Crippen molar-refractivity contribution in [2.45, 2.75) is 39.2 Å². The molecule has 16 heavy (non-hydrogen) atoms. The normalized spacial score (nSPS) is 21.9. The van der Waals surface area contributed by atoms with E-state index < -0.39 is 12.0 Å². The number of aliphatic carboxylic acids is 1. The van der Waals surface area contributed by atoms with E-state index in [0.717, 1.165) is 12.8 Å². The Labute approximate surface area is 95.8 Å². The number of urea groups is 1. The van der Waals surface area contributed by atoms with Crippen LogP contribution in [0.1, 0.15) is 33.1 Å². The molecular weight excluding hydrogens is 208 g/mol. The number of carboxylic acid groups (broad SMARTS) is 1. The minimum absolute atomic E-state index is 0.245. The Bertz CT molecular complexity index is 268. The fourth-order valence-corrected chi connectivity index (χ4v) is 1.77. The number of amides is 2. The van der Waals surface area contributed by atoms with E-state index in [1.807, 2.05) is 0 Å². The van der Waals surface area contributed by atoms with Crippen LogP contribution >= 0.6 is 0 Å². The molecule has 1 aliphatic heterocycles. The maximum absolute atomic E-state index is 11.7. The van der Waals surface area contributed by atoms with Crippen molar-refractivity contribution in [3.8, 4) is 0 Å². The first-order chi connectivity index (χ1) is 7.56. The molecule has 5 nitrogen and oxygen atoms in total. The summed E-state index contributed by atoms with van der Waals surface area (Å²) in [4.78, 5) is 24.0. The predicted molar refractivity (Wildman–Crippen MR) is 60.2 cm³/mol. The number of nitrogens with one attached hydrogen (secondary N) is 1. The molecule has 2 amide bonds. The second-order valence-corrected chi connectivity index (χ2v) is 4.39. The van der Waals surface area contributed by atoms with Gasteiger partial charge < -0.3 is 15.3 Å². The zero-order valence-corrected chi connectivity index (χ0v) is 9.90. The predicted octanol–water partition coefficient (Wildman–Crippen LogP) is 1.29. The largest absolute Gasteiger partial charge is 0.480 e. The molecule has 0 aromatic rings. The van der Waals surface area contributed by atoms with E-state index in [0.29, 0.717) is 25.4 Å². The molecule has 0 aliphatic carbocycles. The summed E-state index contributed by atoms with van der Waals surface area (Å²) in [5.41, 5.74) is 0. The molecule has 0 aromatic carbocycles. The fourth-order valence-electron chi connectivity index (χ4n) is 1.77. The highest BCUT2D eigenvalue weighted by molar-refractivity contribution is 5.83. The number of rotatable bonds is 4. The molecule has 0 bridgehead atoms. The Morgan fingerprint density at radius 3 is 2.81 bits per heavy atom. The molecule has 0 saturated carbocycles. The number of carbonyl (C=O) groups is 2. The first-order valence-corrected chi connectivity index (χ1v) is 5.83. The van der Waals surface area contributed by atoms with Gasteiger partial charge in [0.1, 0.15) is 6.04 Å². The summed E-state index contributed by atoms with van der Waals surface area (Å²) in [6.45, 7) is 5.27. The number of nitrogens with zero attached hydrogens (tertiary/aromatic N) is 1. The maximum atomic E-state index is 11.7. The minimum Gasteiger partial charge on any atom is -0.480 e. The van der Waals surface area contributed by atoms with Crippen LogP contribution in [0.2, 0.25) is 0 Å². The van der Waals surface area contributed by atoms with E-state index in [1.54, 1.807) is 0 Å². The average Bonchev–Trinajstić information content (AvgIpc) is 2.74. The minimum atomic E-state index is -0.906.